The van der Waals surface area contributed by atoms with Crippen molar-refractivity contribution in [2.75, 3.05) is 7.11 Å². The van der Waals surface area contributed by atoms with Gasteiger partial charge >= 0.3 is 0 Å². The molecule has 3 aromatic heterocycles. The third kappa shape index (κ3) is 2.77. The van der Waals surface area contributed by atoms with Crippen molar-refractivity contribution in [2.45, 2.75) is 0 Å². The molecule has 0 unspecified atom stereocenters. The van der Waals surface area contributed by atoms with Crippen LogP contribution in [0.4, 0.5) is 0 Å². The molecule has 0 fully saturated rings. The Morgan fingerprint density at radius 1 is 1.08 bits per heavy atom. The van der Waals surface area contributed by atoms with Gasteiger partial charge in [-0.15, -0.1) is 0 Å². The molecule has 0 amide bonds. The molecule has 0 saturated heterocycles. The lowest BCUT2D eigenvalue weighted by Gasteiger charge is -2.06. The summed E-state index contributed by atoms with van der Waals surface area (Å²) < 4.78 is 6.79. The molecule has 0 N–H and O–H groups in total. The van der Waals surface area contributed by atoms with Gasteiger partial charge in [-0.25, -0.2) is 15.0 Å². The van der Waals surface area contributed by atoms with Gasteiger partial charge in [0.2, 0.25) is 5.28 Å². The summed E-state index contributed by atoms with van der Waals surface area (Å²) in [5.41, 5.74) is 2.06. The number of nitrogens with zero attached hydrogens (tertiary/aromatic N) is 4. The van der Waals surface area contributed by atoms with Crippen LogP contribution in [0.15, 0.2) is 53.6 Å². The quantitative estimate of drug-likeness (QED) is 0.516. The number of rotatable bonds is 3. The number of fused-ring (bicyclic) bond motifs is 1. The van der Waals surface area contributed by atoms with Crippen molar-refractivity contribution in [3.63, 3.8) is 0 Å². The fraction of sp³-hybridized carbons (Fsp3) is 0.0588. The van der Waals surface area contributed by atoms with Crippen molar-refractivity contribution in [3.05, 3.63) is 64.4 Å². The lowest BCUT2D eigenvalue weighted by atomic mass is 10.1. The van der Waals surface area contributed by atoms with Crippen LogP contribution in [-0.2, 0) is 0 Å². The summed E-state index contributed by atoms with van der Waals surface area (Å²) in [7, 11) is 1.61. The van der Waals surface area contributed by atoms with Crippen molar-refractivity contribution < 1.29 is 4.74 Å². The summed E-state index contributed by atoms with van der Waals surface area (Å²) in [6.07, 6.45) is 3.09. The predicted molar refractivity (Wildman–Crippen MR) is 97.4 cm³/mol. The Balaban J connectivity index is 2.05. The number of aromatic nitrogens is 4. The number of methoxy groups -OCH3 is 1. The SMILES string of the molecule is COc1ccc(-c2c(-c3ccnc(Cl)n3)sc3nccc(=O)n23)cc1. The maximum atomic E-state index is 12.5. The van der Waals surface area contributed by atoms with E-state index in [9.17, 15) is 4.79 Å². The van der Waals surface area contributed by atoms with E-state index in [1.807, 2.05) is 24.3 Å². The fourth-order valence-electron chi connectivity index (χ4n) is 2.55. The minimum Gasteiger partial charge on any atom is -0.497 e. The van der Waals surface area contributed by atoms with Gasteiger partial charge in [0.05, 0.1) is 23.4 Å². The van der Waals surface area contributed by atoms with Gasteiger partial charge in [0.25, 0.3) is 5.56 Å². The first-order chi connectivity index (χ1) is 12.2. The highest BCUT2D eigenvalue weighted by Gasteiger charge is 2.19. The topological polar surface area (TPSA) is 69.4 Å². The third-order valence-electron chi connectivity index (χ3n) is 3.67. The highest BCUT2D eigenvalue weighted by molar-refractivity contribution is 7.20. The lowest BCUT2D eigenvalue weighted by molar-refractivity contribution is 0.415. The molecule has 4 rings (SSSR count). The predicted octanol–water partition coefficient (Wildman–Crippen LogP) is 3.54. The van der Waals surface area contributed by atoms with E-state index in [1.165, 1.54) is 23.6 Å². The minimum atomic E-state index is -0.154. The van der Waals surface area contributed by atoms with Gasteiger partial charge in [0.15, 0.2) is 4.96 Å². The normalized spacial score (nSPS) is 11.0. The smallest absolute Gasteiger partial charge is 0.258 e. The summed E-state index contributed by atoms with van der Waals surface area (Å²) in [4.78, 5) is 26.4. The van der Waals surface area contributed by atoms with E-state index < -0.39 is 0 Å². The summed E-state index contributed by atoms with van der Waals surface area (Å²) >= 11 is 7.32. The molecule has 124 valence electrons. The molecule has 3 heterocycles. The van der Waals surface area contributed by atoms with Crippen molar-refractivity contribution >= 4 is 27.9 Å². The van der Waals surface area contributed by atoms with Crippen molar-refractivity contribution in [2.24, 2.45) is 0 Å². The standard InChI is InChI=1S/C17H11ClN4O2S/c1-24-11-4-2-10(3-5-11)14-15(12-6-8-19-16(18)21-12)25-17-20-9-7-13(23)22(14)17/h2-9H,1H3. The van der Waals surface area contributed by atoms with E-state index in [4.69, 9.17) is 16.3 Å². The molecule has 0 aliphatic carbocycles. The largest absolute Gasteiger partial charge is 0.497 e. The van der Waals surface area contributed by atoms with Gasteiger partial charge in [-0.05, 0) is 41.9 Å². The third-order valence-corrected chi connectivity index (χ3v) is 4.93. The molecule has 0 aliphatic rings. The van der Waals surface area contributed by atoms with Crippen LogP contribution >= 0.6 is 22.9 Å². The Morgan fingerprint density at radius 3 is 2.56 bits per heavy atom. The zero-order valence-corrected chi connectivity index (χ0v) is 14.6. The van der Waals surface area contributed by atoms with E-state index in [1.54, 1.807) is 23.8 Å². The van der Waals surface area contributed by atoms with Gasteiger partial charge in [0.1, 0.15) is 5.75 Å². The number of hydrogen-bond donors (Lipinski definition) is 0. The van der Waals surface area contributed by atoms with Gasteiger partial charge < -0.3 is 4.74 Å². The number of hydrogen-bond acceptors (Lipinski definition) is 6. The average Bonchev–Trinajstić information content (AvgIpc) is 3.03. The molecule has 0 saturated carbocycles. The monoisotopic (exact) mass is 370 g/mol. The molecule has 4 aromatic rings. The molecule has 1 aromatic carbocycles. The van der Waals surface area contributed by atoms with Gasteiger partial charge in [-0.3, -0.25) is 9.20 Å². The van der Waals surface area contributed by atoms with Gasteiger partial charge in [0, 0.05) is 24.0 Å². The van der Waals surface area contributed by atoms with Crippen LogP contribution in [0, 0.1) is 0 Å². The maximum absolute atomic E-state index is 12.5. The van der Waals surface area contributed by atoms with E-state index in [0.29, 0.717) is 10.7 Å². The molecular weight excluding hydrogens is 360 g/mol. The second-order valence-electron chi connectivity index (χ2n) is 5.12. The van der Waals surface area contributed by atoms with Crippen LogP contribution in [0.5, 0.6) is 5.75 Å². The number of halogens is 1. The van der Waals surface area contributed by atoms with E-state index in [-0.39, 0.29) is 10.8 Å². The van der Waals surface area contributed by atoms with Crippen LogP contribution in [-0.4, -0.2) is 26.5 Å². The van der Waals surface area contributed by atoms with Crippen LogP contribution in [0.2, 0.25) is 5.28 Å². The number of ether oxygens (including phenoxy) is 1. The summed E-state index contributed by atoms with van der Waals surface area (Å²) in [5, 5.41) is 0.149. The Hall–Kier alpha value is -2.77. The summed E-state index contributed by atoms with van der Waals surface area (Å²) in [6, 6.07) is 10.7. The Kier molecular flexibility index (Phi) is 3.95. The first-order valence-corrected chi connectivity index (χ1v) is 8.51. The Labute approximate surface area is 151 Å². The zero-order valence-electron chi connectivity index (χ0n) is 13.0. The highest BCUT2D eigenvalue weighted by atomic mass is 35.5. The fourth-order valence-corrected chi connectivity index (χ4v) is 3.79. The van der Waals surface area contributed by atoms with Gasteiger partial charge in [-0.2, -0.15) is 0 Å². The summed E-state index contributed by atoms with van der Waals surface area (Å²) in [6.45, 7) is 0. The number of thiazole rings is 1. The first-order valence-electron chi connectivity index (χ1n) is 7.31. The van der Waals surface area contributed by atoms with E-state index in [0.717, 1.165) is 21.9 Å². The molecule has 0 aliphatic heterocycles. The zero-order chi connectivity index (χ0) is 17.4. The van der Waals surface area contributed by atoms with Crippen LogP contribution in [0.3, 0.4) is 0 Å². The molecule has 0 spiro atoms. The molecule has 25 heavy (non-hydrogen) atoms. The Morgan fingerprint density at radius 2 is 1.84 bits per heavy atom. The highest BCUT2D eigenvalue weighted by Crippen LogP contribution is 2.37. The molecule has 0 bridgehead atoms. The van der Waals surface area contributed by atoms with Crippen LogP contribution in [0.1, 0.15) is 0 Å². The Bertz CT molecular complexity index is 1120. The molecule has 8 heteroatoms. The average molecular weight is 371 g/mol. The van der Waals surface area contributed by atoms with Gasteiger partial charge in [-0.1, -0.05) is 11.3 Å². The van der Waals surface area contributed by atoms with E-state index in [2.05, 4.69) is 15.0 Å². The molecule has 0 atom stereocenters. The second-order valence-corrected chi connectivity index (χ2v) is 6.44. The van der Waals surface area contributed by atoms with Crippen molar-refractivity contribution in [3.8, 4) is 27.6 Å². The molecule has 6 nitrogen and oxygen atoms in total. The minimum absolute atomic E-state index is 0.149. The lowest BCUT2D eigenvalue weighted by Crippen LogP contribution is -2.12. The van der Waals surface area contributed by atoms with Crippen molar-refractivity contribution in [1.82, 2.24) is 19.4 Å². The van der Waals surface area contributed by atoms with E-state index >= 15 is 0 Å². The van der Waals surface area contributed by atoms with Crippen LogP contribution < -0.4 is 10.3 Å². The summed E-state index contributed by atoms with van der Waals surface area (Å²) in [5.74, 6) is 0.736. The number of benzene rings is 1. The maximum Gasteiger partial charge on any atom is 0.258 e. The van der Waals surface area contributed by atoms with Crippen LogP contribution in [0.25, 0.3) is 26.8 Å². The first kappa shape index (κ1) is 15.7. The molecule has 0 radical (unpaired) electrons. The van der Waals surface area contributed by atoms with Crippen molar-refractivity contribution in [1.29, 1.82) is 0 Å². The molecular formula is C17H11ClN4O2S. The second kappa shape index (κ2) is 6.27.